The maximum atomic E-state index is 10.4. The van der Waals surface area contributed by atoms with Crippen molar-refractivity contribution in [3.63, 3.8) is 0 Å². The number of unbranched alkanes of at least 4 members (excludes halogenated alkanes) is 13. The number of hydrogen-bond acceptors (Lipinski definition) is 3. The molecule has 0 aliphatic rings. The normalized spacial score (nSPS) is 10.2. The van der Waals surface area contributed by atoms with Crippen LogP contribution < -0.4 is 29.6 Å². The maximum absolute atomic E-state index is 10.4. The topological polar surface area (TPSA) is 76.0 Å². The molecule has 0 spiro atoms. The van der Waals surface area contributed by atoms with Crippen molar-refractivity contribution in [3.8, 4) is 0 Å². The summed E-state index contributed by atoms with van der Waals surface area (Å²) in [5, 5.41) is 0. The first-order chi connectivity index (χ1) is 13.5. The van der Waals surface area contributed by atoms with Crippen molar-refractivity contribution in [1.82, 2.24) is 0 Å². The Morgan fingerprint density at radius 3 is 1.24 bits per heavy atom. The Hall–Kier alpha value is 0.810. The summed E-state index contributed by atoms with van der Waals surface area (Å²) in [7, 11) is -4.25. The van der Waals surface area contributed by atoms with Gasteiger partial charge in [0, 0.05) is 13.2 Å². The summed E-state index contributed by atoms with van der Waals surface area (Å²) < 4.78 is 19.7. The van der Waals surface area contributed by atoms with E-state index in [0.29, 0.717) is 0 Å². The Kier molecular flexibility index (Phi) is 42.8. The zero-order valence-corrected chi connectivity index (χ0v) is 22.9. The number of phosphoric acid groups is 1. The first-order valence-corrected chi connectivity index (χ1v) is 12.8. The van der Waals surface area contributed by atoms with Crippen LogP contribution >= 0.6 is 7.82 Å². The van der Waals surface area contributed by atoms with Crippen molar-refractivity contribution in [2.75, 3.05) is 19.8 Å². The molecule has 174 valence electrons. The van der Waals surface area contributed by atoms with Crippen LogP contribution in [0.15, 0.2) is 13.2 Å². The van der Waals surface area contributed by atoms with Gasteiger partial charge in [0.2, 0.25) is 0 Å². The Labute approximate surface area is 205 Å². The van der Waals surface area contributed by atoms with E-state index in [1.165, 1.54) is 70.6 Å². The molecule has 0 saturated heterocycles. The summed E-state index contributed by atoms with van der Waals surface area (Å²) in [6, 6.07) is 0. The summed E-state index contributed by atoms with van der Waals surface area (Å²) in [6.45, 7) is 14.1. The Balaban J connectivity index is -0.000000201. The standard InChI is InChI=1S/C16H35O4P.C4H10O.C2H4.Na.H/c1-2-3-4-5-6-7-8-9-10-11-12-13-14-15-16-20-21(17,18)19;1-3-5-4-2;1-2;;/h2-16H2,1H3,(H2,17,18,19);3-4H2,1-2H3;1-2H2;;/q;;;+1;-1. The summed E-state index contributed by atoms with van der Waals surface area (Å²) in [5.41, 5.74) is 0. The van der Waals surface area contributed by atoms with Crippen LogP contribution in [0.3, 0.4) is 0 Å². The van der Waals surface area contributed by atoms with Gasteiger partial charge >= 0.3 is 37.4 Å². The predicted octanol–water partition coefficient (Wildman–Crippen LogP) is 4.54. The van der Waals surface area contributed by atoms with Crippen LogP contribution in [-0.4, -0.2) is 29.6 Å². The van der Waals surface area contributed by atoms with E-state index in [2.05, 4.69) is 24.6 Å². The van der Waals surface area contributed by atoms with Gasteiger partial charge < -0.3 is 16.0 Å². The third kappa shape index (κ3) is 47.8. The summed E-state index contributed by atoms with van der Waals surface area (Å²) in [6.07, 6.45) is 17.8. The zero-order valence-electron chi connectivity index (χ0n) is 21.0. The zero-order chi connectivity index (χ0) is 21.9. The second kappa shape index (κ2) is 33.4. The van der Waals surface area contributed by atoms with E-state index in [-0.39, 0.29) is 37.6 Å². The largest absolute Gasteiger partial charge is 1.00 e. The van der Waals surface area contributed by atoms with E-state index in [4.69, 9.17) is 14.5 Å². The van der Waals surface area contributed by atoms with E-state index in [9.17, 15) is 4.57 Å². The van der Waals surface area contributed by atoms with Crippen molar-refractivity contribution in [1.29, 1.82) is 0 Å². The third-order valence-electron chi connectivity index (χ3n) is 4.17. The molecule has 0 atom stereocenters. The first-order valence-electron chi connectivity index (χ1n) is 11.3. The number of rotatable bonds is 18. The van der Waals surface area contributed by atoms with Crippen molar-refractivity contribution in [2.45, 2.75) is 111 Å². The van der Waals surface area contributed by atoms with Gasteiger partial charge in [0.25, 0.3) is 0 Å². The van der Waals surface area contributed by atoms with Gasteiger partial charge in [-0.15, -0.1) is 13.2 Å². The second-order valence-electron chi connectivity index (χ2n) is 6.70. The smallest absolute Gasteiger partial charge is 1.00 e. The minimum absolute atomic E-state index is 0. The van der Waals surface area contributed by atoms with Crippen LogP contribution in [0.5, 0.6) is 0 Å². The van der Waals surface area contributed by atoms with E-state index >= 15 is 0 Å². The molecule has 0 aliphatic heterocycles. The molecule has 0 radical (unpaired) electrons. The van der Waals surface area contributed by atoms with Crippen LogP contribution in [0.2, 0.25) is 0 Å². The number of phosphoric ester groups is 1. The minimum atomic E-state index is -4.25. The van der Waals surface area contributed by atoms with Gasteiger partial charge in [0.05, 0.1) is 6.61 Å². The quantitative estimate of drug-likeness (QED) is 0.139. The summed E-state index contributed by atoms with van der Waals surface area (Å²) >= 11 is 0. The minimum Gasteiger partial charge on any atom is -1.00 e. The number of ether oxygens (including phenoxy) is 1. The van der Waals surface area contributed by atoms with Gasteiger partial charge in [-0.2, -0.15) is 0 Å². The molecule has 0 aliphatic carbocycles. The second-order valence-corrected chi connectivity index (χ2v) is 7.94. The van der Waals surface area contributed by atoms with Gasteiger partial charge in [0.15, 0.2) is 0 Å². The molecular formula is C22H50NaO5P. The molecule has 0 aromatic carbocycles. The van der Waals surface area contributed by atoms with E-state index in [0.717, 1.165) is 32.5 Å². The molecule has 0 rings (SSSR count). The Bertz CT molecular complexity index is 318. The van der Waals surface area contributed by atoms with Crippen LogP contribution in [0.4, 0.5) is 0 Å². The Morgan fingerprint density at radius 1 is 0.690 bits per heavy atom. The van der Waals surface area contributed by atoms with Gasteiger partial charge in [-0.05, 0) is 20.3 Å². The number of hydrogen-bond donors (Lipinski definition) is 2. The van der Waals surface area contributed by atoms with E-state index in [1.54, 1.807) is 0 Å². The van der Waals surface area contributed by atoms with Crippen molar-refractivity contribution in [2.24, 2.45) is 0 Å². The van der Waals surface area contributed by atoms with Crippen molar-refractivity contribution >= 4 is 7.82 Å². The Morgan fingerprint density at radius 2 is 1.00 bits per heavy atom. The molecule has 2 N–H and O–H groups in total. The summed E-state index contributed by atoms with van der Waals surface area (Å²) in [4.78, 5) is 17.0. The molecule has 0 aromatic heterocycles. The molecule has 0 bridgehead atoms. The maximum Gasteiger partial charge on any atom is 1.00 e. The van der Waals surface area contributed by atoms with Crippen LogP contribution in [0.1, 0.15) is 112 Å². The average Bonchev–Trinajstić information content (AvgIpc) is 2.67. The monoisotopic (exact) mass is 448 g/mol. The van der Waals surface area contributed by atoms with Crippen LogP contribution in [-0.2, 0) is 13.8 Å². The van der Waals surface area contributed by atoms with Gasteiger partial charge in [-0.3, -0.25) is 4.52 Å². The molecule has 7 heteroatoms. The average molecular weight is 449 g/mol. The van der Waals surface area contributed by atoms with Crippen LogP contribution in [0.25, 0.3) is 0 Å². The molecular weight excluding hydrogens is 398 g/mol. The molecule has 0 aromatic rings. The fraction of sp³-hybridized carbons (Fsp3) is 0.909. The fourth-order valence-electron chi connectivity index (χ4n) is 2.68. The third-order valence-corrected chi connectivity index (χ3v) is 4.68. The van der Waals surface area contributed by atoms with Crippen molar-refractivity contribution < 1.29 is 54.6 Å². The molecule has 0 fully saturated rings. The first kappa shape index (κ1) is 37.1. The molecule has 0 heterocycles. The fourth-order valence-corrected chi connectivity index (χ4v) is 3.05. The van der Waals surface area contributed by atoms with Gasteiger partial charge in [0.1, 0.15) is 0 Å². The molecule has 29 heavy (non-hydrogen) atoms. The molecule has 5 nitrogen and oxygen atoms in total. The SMILES string of the molecule is C=C.CCCCCCCCCCCCCCCCOP(=O)(O)O.CCOCC.[H-].[Na+]. The van der Waals surface area contributed by atoms with Crippen LogP contribution in [0, 0.1) is 0 Å². The molecule has 0 amide bonds. The predicted molar refractivity (Wildman–Crippen MR) is 123 cm³/mol. The van der Waals surface area contributed by atoms with Gasteiger partial charge in [-0.25, -0.2) is 4.57 Å². The summed E-state index contributed by atoms with van der Waals surface area (Å²) in [5.74, 6) is 0. The van der Waals surface area contributed by atoms with Crippen molar-refractivity contribution in [3.05, 3.63) is 13.2 Å². The molecule has 0 unspecified atom stereocenters. The van der Waals surface area contributed by atoms with E-state index < -0.39 is 7.82 Å². The van der Waals surface area contributed by atoms with E-state index in [1.807, 2.05) is 13.8 Å². The molecule has 0 saturated carbocycles. The van der Waals surface area contributed by atoms with Gasteiger partial charge in [-0.1, -0.05) is 90.4 Å².